The van der Waals surface area contributed by atoms with E-state index in [0.29, 0.717) is 17.7 Å². The molecule has 9 heteroatoms. The van der Waals surface area contributed by atoms with Crippen molar-refractivity contribution in [1.82, 2.24) is 0 Å². The Morgan fingerprint density at radius 3 is 1.90 bits per heavy atom. The third-order valence-electron chi connectivity index (χ3n) is 4.71. The van der Waals surface area contributed by atoms with Crippen LogP contribution < -0.4 is 5.32 Å². The van der Waals surface area contributed by atoms with E-state index in [2.05, 4.69) is 5.32 Å². The molecule has 4 rings (SSSR count). The number of alkyl halides is 6. The molecule has 0 aliphatic heterocycles. The van der Waals surface area contributed by atoms with Crippen molar-refractivity contribution in [3.05, 3.63) is 59.7 Å². The van der Waals surface area contributed by atoms with Crippen molar-refractivity contribution in [2.24, 2.45) is 0 Å². The Kier molecular flexibility index (Phi) is 4.71. The van der Waals surface area contributed by atoms with Gasteiger partial charge >= 0.3 is 12.4 Å². The molecule has 3 nitrogen and oxygen atoms in total. The van der Waals surface area contributed by atoms with Crippen molar-refractivity contribution < 1.29 is 35.9 Å². The van der Waals surface area contributed by atoms with Crippen molar-refractivity contribution in [3.8, 4) is 28.2 Å². The molecule has 30 heavy (non-hydrogen) atoms. The van der Waals surface area contributed by atoms with E-state index in [1.54, 1.807) is 30.3 Å². The number of aromatic hydroxyl groups is 1. The van der Waals surface area contributed by atoms with E-state index in [4.69, 9.17) is 4.42 Å². The molecule has 1 aliphatic rings. The van der Waals surface area contributed by atoms with E-state index < -0.39 is 34.8 Å². The zero-order chi connectivity index (χ0) is 21.7. The molecule has 1 aromatic heterocycles. The summed E-state index contributed by atoms with van der Waals surface area (Å²) < 4.78 is 85.3. The van der Waals surface area contributed by atoms with Gasteiger partial charge in [0.05, 0.1) is 16.7 Å². The van der Waals surface area contributed by atoms with Crippen molar-refractivity contribution >= 4 is 5.88 Å². The lowest BCUT2D eigenvalue weighted by atomic mass is 9.99. The highest BCUT2D eigenvalue weighted by molar-refractivity contribution is 5.88. The van der Waals surface area contributed by atoms with Crippen molar-refractivity contribution in [2.75, 3.05) is 5.32 Å². The molecule has 1 fully saturated rings. The summed E-state index contributed by atoms with van der Waals surface area (Å²) in [4.78, 5) is 0. The SMILES string of the molecule is Oc1c(-c2ccccc2)oc(NC2CC2)c1-c1cc(C(F)(F)F)cc(C(F)(F)F)c1. The topological polar surface area (TPSA) is 45.4 Å². The predicted octanol–water partition coefficient (Wildman–Crippen LogP) is 6.93. The highest BCUT2D eigenvalue weighted by atomic mass is 19.4. The summed E-state index contributed by atoms with van der Waals surface area (Å²) in [5, 5.41) is 13.7. The molecule has 2 aromatic carbocycles. The third kappa shape index (κ3) is 3.96. The number of halogens is 6. The Labute approximate surface area is 166 Å². The van der Waals surface area contributed by atoms with Crippen LogP contribution in [-0.2, 0) is 12.4 Å². The molecule has 0 bridgehead atoms. The van der Waals surface area contributed by atoms with Crippen LogP contribution in [0.4, 0.5) is 32.2 Å². The maximum absolute atomic E-state index is 13.3. The maximum atomic E-state index is 13.3. The lowest BCUT2D eigenvalue weighted by Crippen LogP contribution is -2.11. The van der Waals surface area contributed by atoms with Gasteiger partial charge in [-0.25, -0.2) is 0 Å². The Morgan fingerprint density at radius 1 is 0.833 bits per heavy atom. The number of nitrogens with one attached hydrogen (secondary N) is 1. The molecule has 1 heterocycles. The summed E-state index contributed by atoms with van der Waals surface area (Å²) in [6.07, 6.45) is -8.45. The zero-order valence-electron chi connectivity index (χ0n) is 15.2. The molecule has 0 amide bonds. The first-order valence-corrected chi connectivity index (χ1v) is 9.01. The van der Waals surface area contributed by atoms with Crippen LogP contribution in [0.1, 0.15) is 24.0 Å². The van der Waals surface area contributed by atoms with Crippen LogP contribution in [0.15, 0.2) is 52.9 Å². The molecular formula is C21H15F6NO2. The second kappa shape index (κ2) is 7.00. The van der Waals surface area contributed by atoms with Gasteiger partial charge in [0.1, 0.15) is 0 Å². The van der Waals surface area contributed by atoms with E-state index in [1.165, 1.54) is 0 Å². The first-order chi connectivity index (χ1) is 14.0. The van der Waals surface area contributed by atoms with Crippen LogP contribution in [0.25, 0.3) is 22.5 Å². The molecule has 0 radical (unpaired) electrons. The largest absolute Gasteiger partial charge is 0.504 e. The van der Waals surface area contributed by atoms with Gasteiger partial charge in [-0.2, -0.15) is 26.3 Å². The minimum absolute atomic E-state index is 0.0224. The summed E-state index contributed by atoms with van der Waals surface area (Å²) in [5.41, 5.74) is -3.18. The number of hydrogen-bond donors (Lipinski definition) is 2. The Balaban J connectivity index is 1.94. The average molecular weight is 427 g/mol. The molecule has 1 aliphatic carbocycles. The lowest BCUT2D eigenvalue weighted by molar-refractivity contribution is -0.143. The van der Waals surface area contributed by atoms with Gasteiger partial charge < -0.3 is 14.8 Å². The minimum Gasteiger partial charge on any atom is -0.504 e. The van der Waals surface area contributed by atoms with Crippen LogP contribution >= 0.6 is 0 Å². The predicted molar refractivity (Wildman–Crippen MR) is 97.9 cm³/mol. The van der Waals surface area contributed by atoms with Crippen LogP contribution in [0.5, 0.6) is 5.75 Å². The highest BCUT2D eigenvalue weighted by Gasteiger charge is 2.38. The van der Waals surface area contributed by atoms with E-state index in [-0.39, 0.29) is 29.3 Å². The second-order valence-electron chi connectivity index (χ2n) is 7.06. The third-order valence-corrected chi connectivity index (χ3v) is 4.71. The standard InChI is InChI=1S/C21H15F6NO2/c22-20(23,24)13-8-12(9-14(10-13)21(25,26)27)16-17(29)18(11-4-2-1-3-5-11)30-19(16)28-15-6-7-15/h1-5,8-10,15,28-29H,6-7H2. The van der Waals surface area contributed by atoms with Crippen molar-refractivity contribution in [3.63, 3.8) is 0 Å². The lowest BCUT2D eigenvalue weighted by Gasteiger charge is -2.14. The fraction of sp³-hybridized carbons (Fsp3) is 0.238. The summed E-state index contributed by atoms with van der Waals surface area (Å²) in [7, 11) is 0. The van der Waals surface area contributed by atoms with Gasteiger partial charge in [0.15, 0.2) is 11.5 Å². The van der Waals surface area contributed by atoms with E-state index in [1.807, 2.05) is 0 Å². The highest BCUT2D eigenvalue weighted by Crippen LogP contribution is 2.49. The first kappa shape index (κ1) is 20.2. The first-order valence-electron chi connectivity index (χ1n) is 9.01. The number of anilines is 1. The number of furan rings is 1. The quantitative estimate of drug-likeness (QED) is 0.444. The molecule has 0 atom stereocenters. The van der Waals surface area contributed by atoms with Gasteiger partial charge in [-0.3, -0.25) is 0 Å². The number of benzene rings is 2. The zero-order valence-corrected chi connectivity index (χ0v) is 15.2. The Morgan fingerprint density at radius 2 is 1.40 bits per heavy atom. The molecule has 2 N–H and O–H groups in total. The number of hydrogen-bond acceptors (Lipinski definition) is 3. The smallest absolute Gasteiger partial charge is 0.416 e. The molecule has 0 spiro atoms. The summed E-state index contributed by atoms with van der Waals surface area (Å²) in [6.45, 7) is 0. The van der Waals surface area contributed by atoms with Crippen molar-refractivity contribution in [2.45, 2.75) is 31.2 Å². The van der Waals surface area contributed by atoms with Gasteiger partial charge in [-0.1, -0.05) is 30.3 Å². The van der Waals surface area contributed by atoms with Crippen molar-refractivity contribution in [1.29, 1.82) is 0 Å². The minimum atomic E-state index is -5.00. The monoisotopic (exact) mass is 427 g/mol. The van der Waals surface area contributed by atoms with Gasteiger partial charge in [0.2, 0.25) is 5.88 Å². The van der Waals surface area contributed by atoms with Crippen LogP contribution in [-0.4, -0.2) is 11.1 Å². The van der Waals surface area contributed by atoms with Gasteiger partial charge in [0, 0.05) is 11.6 Å². The fourth-order valence-corrected chi connectivity index (χ4v) is 3.09. The Bertz CT molecular complexity index is 1030. The van der Waals surface area contributed by atoms with Gasteiger partial charge in [-0.05, 0) is 36.6 Å². The van der Waals surface area contributed by atoms with Gasteiger partial charge in [0.25, 0.3) is 0 Å². The summed E-state index contributed by atoms with van der Waals surface area (Å²) in [5.74, 6) is -0.641. The summed E-state index contributed by atoms with van der Waals surface area (Å²) >= 11 is 0. The molecule has 0 unspecified atom stereocenters. The fourth-order valence-electron chi connectivity index (χ4n) is 3.09. The van der Waals surface area contributed by atoms with E-state index >= 15 is 0 Å². The average Bonchev–Trinajstić information content (AvgIpc) is 3.43. The van der Waals surface area contributed by atoms with E-state index in [9.17, 15) is 31.4 Å². The van der Waals surface area contributed by atoms with Crippen LogP contribution in [0.3, 0.4) is 0 Å². The second-order valence-corrected chi connectivity index (χ2v) is 7.06. The van der Waals surface area contributed by atoms with Gasteiger partial charge in [-0.15, -0.1) is 0 Å². The van der Waals surface area contributed by atoms with Crippen LogP contribution in [0.2, 0.25) is 0 Å². The molecule has 3 aromatic rings. The van der Waals surface area contributed by atoms with Crippen LogP contribution in [0, 0.1) is 0 Å². The Hall–Kier alpha value is -3.10. The molecule has 1 saturated carbocycles. The normalized spacial score (nSPS) is 14.7. The number of rotatable bonds is 4. The molecule has 0 saturated heterocycles. The summed E-state index contributed by atoms with van der Waals surface area (Å²) in [6, 6.07) is 9.44. The molecule has 158 valence electrons. The van der Waals surface area contributed by atoms with E-state index in [0.717, 1.165) is 12.8 Å². The maximum Gasteiger partial charge on any atom is 0.416 e. The molecular weight excluding hydrogens is 412 g/mol.